The van der Waals surface area contributed by atoms with Gasteiger partial charge in [-0.3, -0.25) is 0 Å². The van der Waals surface area contributed by atoms with E-state index in [0.717, 1.165) is 11.8 Å². The Balaban J connectivity index is 1.62. The molecule has 9 heteroatoms. The first-order valence-corrected chi connectivity index (χ1v) is 10.1. The molecule has 2 aromatic carbocycles. The summed E-state index contributed by atoms with van der Waals surface area (Å²) >= 11 is 6.93. The maximum absolute atomic E-state index is 11.9. The number of halogens is 1. The Labute approximate surface area is 185 Å². The third kappa shape index (κ3) is 4.50. The van der Waals surface area contributed by atoms with Gasteiger partial charge in [0.05, 0.1) is 17.7 Å². The number of carboxylic acid groups (broad SMARTS) is 1. The van der Waals surface area contributed by atoms with Crippen molar-refractivity contribution in [2.75, 3.05) is 7.11 Å². The van der Waals surface area contributed by atoms with Crippen molar-refractivity contribution in [2.24, 2.45) is 0 Å². The SMILES string of the molecule is COC(=O)c1cc(-c2ccc(/C=C(\Sc3nc4ccccc4o3)C(=O)O)o2)ccc1Cl. The maximum atomic E-state index is 11.9. The summed E-state index contributed by atoms with van der Waals surface area (Å²) in [7, 11) is 1.27. The number of nitrogens with zero attached hydrogens (tertiary/aromatic N) is 1. The number of fused-ring (bicyclic) bond motifs is 1. The summed E-state index contributed by atoms with van der Waals surface area (Å²) in [5, 5.41) is 10.0. The van der Waals surface area contributed by atoms with Crippen LogP contribution in [0.4, 0.5) is 0 Å². The van der Waals surface area contributed by atoms with Crippen molar-refractivity contribution in [3.05, 3.63) is 75.8 Å². The molecule has 0 aliphatic heterocycles. The normalized spacial score (nSPS) is 11.6. The number of furan rings is 1. The smallest absolute Gasteiger partial charge is 0.342 e. The van der Waals surface area contributed by atoms with Crippen LogP contribution in [0.15, 0.2) is 73.6 Å². The molecule has 2 aromatic heterocycles. The van der Waals surface area contributed by atoms with Crippen molar-refractivity contribution in [2.45, 2.75) is 5.22 Å². The van der Waals surface area contributed by atoms with E-state index in [1.807, 2.05) is 12.1 Å². The van der Waals surface area contributed by atoms with Crippen LogP contribution in [-0.2, 0) is 9.53 Å². The molecule has 0 aliphatic rings. The zero-order chi connectivity index (χ0) is 22.0. The highest BCUT2D eigenvalue weighted by molar-refractivity contribution is 8.03. The Bertz CT molecular complexity index is 1290. The summed E-state index contributed by atoms with van der Waals surface area (Å²) in [6.07, 6.45) is 1.38. The summed E-state index contributed by atoms with van der Waals surface area (Å²) in [6, 6.07) is 15.2. The topological polar surface area (TPSA) is 103 Å². The highest BCUT2D eigenvalue weighted by Gasteiger charge is 2.17. The van der Waals surface area contributed by atoms with E-state index in [1.54, 1.807) is 42.5 Å². The first-order chi connectivity index (χ1) is 14.9. The number of carbonyl (C=O) groups excluding carboxylic acids is 1. The van der Waals surface area contributed by atoms with Gasteiger partial charge >= 0.3 is 11.9 Å². The Kier molecular flexibility index (Phi) is 5.83. The third-order valence-corrected chi connectivity index (χ3v) is 5.43. The Morgan fingerprint density at radius 3 is 2.68 bits per heavy atom. The van der Waals surface area contributed by atoms with Gasteiger partial charge in [-0.1, -0.05) is 23.7 Å². The molecule has 4 aromatic rings. The lowest BCUT2D eigenvalue weighted by Gasteiger charge is -2.04. The van der Waals surface area contributed by atoms with E-state index in [1.165, 1.54) is 13.2 Å². The van der Waals surface area contributed by atoms with Gasteiger partial charge in [0.25, 0.3) is 5.22 Å². The summed E-state index contributed by atoms with van der Waals surface area (Å²) < 4.78 is 16.1. The summed E-state index contributed by atoms with van der Waals surface area (Å²) in [5.74, 6) is -0.971. The number of aliphatic carboxylic acids is 1. The van der Waals surface area contributed by atoms with Crippen molar-refractivity contribution in [3.8, 4) is 11.3 Å². The van der Waals surface area contributed by atoms with Gasteiger partial charge in [0.15, 0.2) is 5.58 Å². The number of methoxy groups -OCH3 is 1. The minimum atomic E-state index is -1.15. The van der Waals surface area contributed by atoms with Gasteiger partial charge in [-0.05, 0) is 54.2 Å². The Hall–Kier alpha value is -3.49. The highest BCUT2D eigenvalue weighted by Crippen LogP contribution is 2.32. The van der Waals surface area contributed by atoms with Gasteiger partial charge in [0.2, 0.25) is 0 Å². The quantitative estimate of drug-likeness (QED) is 0.223. The van der Waals surface area contributed by atoms with Crippen LogP contribution >= 0.6 is 23.4 Å². The van der Waals surface area contributed by atoms with Crippen LogP contribution in [0.1, 0.15) is 16.1 Å². The van der Waals surface area contributed by atoms with Gasteiger partial charge in [0, 0.05) is 11.6 Å². The fraction of sp³-hybridized carbons (Fsp3) is 0.0455. The first kappa shape index (κ1) is 20.8. The molecule has 0 atom stereocenters. The number of ether oxygens (including phenoxy) is 1. The predicted molar refractivity (Wildman–Crippen MR) is 116 cm³/mol. The average Bonchev–Trinajstić information content (AvgIpc) is 3.39. The Morgan fingerprint density at radius 1 is 1.13 bits per heavy atom. The number of aromatic nitrogens is 1. The van der Waals surface area contributed by atoms with Crippen molar-refractivity contribution in [3.63, 3.8) is 0 Å². The lowest BCUT2D eigenvalue weighted by molar-refractivity contribution is -0.131. The number of oxazole rings is 1. The summed E-state index contributed by atoms with van der Waals surface area (Å²) in [4.78, 5) is 27.8. The van der Waals surface area contributed by atoms with E-state index in [9.17, 15) is 14.7 Å². The molecule has 0 spiro atoms. The van der Waals surface area contributed by atoms with Crippen molar-refractivity contribution in [1.29, 1.82) is 0 Å². The van der Waals surface area contributed by atoms with Crippen molar-refractivity contribution in [1.82, 2.24) is 4.98 Å². The van der Waals surface area contributed by atoms with Crippen LogP contribution in [0, 0.1) is 0 Å². The molecule has 0 saturated heterocycles. The number of carbonyl (C=O) groups is 2. The molecule has 0 aliphatic carbocycles. The number of esters is 1. The molecule has 156 valence electrons. The molecule has 0 radical (unpaired) electrons. The second kappa shape index (κ2) is 8.71. The number of para-hydroxylation sites is 2. The minimum Gasteiger partial charge on any atom is -0.477 e. The van der Waals surface area contributed by atoms with Crippen LogP contribution in [0.3, 0.4) is 0 Å². The van der Waals surface area contributed by atoms with E-state index in [4.69, 9.17) is 25.2 Å². The largest absolute Gasteiger partial charge is 0.477 e. The number of rotatable bonds is 6. The molecule has 0 bridgehead atoms. The minimum absolute atomic E-state index is 0.0289. The molecular weight excluding hydrogens is 442 g/mol. The van der Waals surface area contributed by atoms with Crippen LogP contribution in [0.2, 0.25) is 5.02 Å². The molecule has 0 amide bonds. The van der Waals surface area contributed by atoms with Crippen LogP contribution < -0.4 is 0 Å². The highest BCUT2D eigenvalue weighted by atomic mass is 35.5. The first-order valence-electron chi connectivity index (χ1n) is 8.91. The van der Waals surface area contributed by atoms with E-state index >= 15 is 0 Å². The lowest BCUT2D eigenvalue weighted by Crippen LogP contribution is -2.02. The van der Waals surface area contributed by atoms with Crippen molar-refractivity contribution >= 4 is 52.5 Å². The second-order valence-corrected chi connectivity index (χ2v) is 7.65. The number of benzene rings is 2. The maximum Gasteiger partial charge on any atom is 0.342 e. The van der Waals surface area contributed by atoms with E-state index in [0.29, 0.717) is 28.2 Å². The summed E-state index contributed by atoms with van der Waals surface area (Å²) in [5.41, 5.74) is 2.00. The third-order valence-electron chi connectivity index (χ3n) is 4.24. The molecule has 7 nitrogen and oxygen atoms in total. The molecule has 0 fully saturated rings. The molecule has 1 N–H and O–H groups in total. The molecule has 31 heavy (non-hydrogen) atoms. The van der Waals surface area contributed by atoms with Gasteiger partial charge in [-0.15, -0.1) is 0 Å². The monoisotopic (exact) mass is 455 g/mol. The zero-order valence-electron chi connectivity index (χ0n) is 16.0. The van der Waals surface area contributed by atoms with Gasteiger partial charge in [-0.2, -0.15) is 0 Å². The number of hydrogen-bond donors (Lipinski definition) is 1. The van der Waals surface area contributed by atoms with E-state index in [-0.39, 0.29) is 20.7 Å². The van der Waals surface area contributed by atoms with Crippen LogP contribution in [-0.4, -0.2) is 29.1 Å². The van der Waals surface area contributed by atoms with Gasteiger partial charge < -0.3 is 18.7 Å². The van der Waals surface area contributed by atoms with Crippen LogP contribution in [0.25, 0.3) is 28.5 Å². The summed E-state index contributed by atoms with van der Waals surface area (Å²) in [6.45, 7) is 0. The van der Waals surface area contributed by atoms with Gasteiger partial charge in [-0.25, -0.2) is 14.6 Å². The second-order valence-electron chi connectivity index (χ2n) is 6.25. The molecule has 2 heterocycles. The number of thioether (sulfide) groups is 1. The van der Waals surface area contributed by atoms with E-state index < -0.39 is 11.9 Å². The molecule has 4 rings (SSSR count). The molecule has 0 saturated carbocycles. The van der Waals surface area contributed by atoms with E-state index in [2.05, 4.69) is 4.98 Å². The molecule has 0 unspecified atom stereocenters. The van der Waals surface area contributed by atoms with Gasteiger partial charge in [0.1, 0.15) is 21.9 Å². The standard InChI is InChI=1S/C22H14ClNO6S/c1-28-21(27)14-10-12(6-8-15(14)23)17-9-7-13(29-17)11-19(20(25)26)31-22-24-16-4-2-3-5-18(16)30-22/h2-11H,1H3,(H,25,26)/b19-11-. The predicted octanol–water partition coefficient (Wildman–Crippen LogP) is 5.75. The fourth-order valence-electron chi connectivity index (χ4n) is 2.78. The van der Waals surface area contributed by atoms with Crippen LogP contribution in [0.5, 0.6) is 0 Å². The molecular formula is C22H14ClNO6S. The zero-order valence-corrected chi connectivity index (χ0v) is 17.6. The van der Waals surface area contributed by atoms with Crippen molar-refractivity contribution < 1.29 is 28.3 Å². The number of hydrogen-bond acceptors (Lipinski definition) is 7. The number of carboxylic acids is 1. The lowest BCUT2D eigenvalue weighted by atomic mass is 10.1. The Morgan fingerprint density at radius 2 is 1.94 bits per heavy atom. The average molecular weight is 456 g/mol. The fourth-order valence-corrected chi connectivity index (χ4v) is 3.70.